The van der Waals surface area contributed by atoms with E-state index in [2.05, 4.69) is 10.6 Å². The summed E-state index contributed by atoms with van der Waals surface area (Å²) < 4.78 is 12.9. The first kappa shape index (κ1) is 18.6. The van der Waals surface area contributed by atoms with Gasteiger partial charge in [-0.15, -0.1) is 0 Å². The Balaban J connectivity index is 1.81. The SMILES string of the molecule is CC(C)(C(=O)NCCc1ccc(F)cc1)C(=O)NCc1ccccc1. The number of benzene rings is 2. The number of rotatable bonds is 7. The second kappa shape index (κ2) is 8.42. The van der Waals surface area contributed by atoms with Gasteiger partial charge in [0.05, 0.1) is 0 Å². The summed E-state index contributed by atoms with van der Waals surface area (Å²) in [5.74, 6) is -0.945. The minimum absolute atomic E-state index is 0.288. The lowest BCUT2D eigenvalue weighted by molar-refractivity contribution is -0.141. The molecule has 25 heavy (non-hydrogen) atoms. The molecule has 4 nitrogen and oxygen atoms in total. The number of amides is 2. The Morgan fingerprint density at radius 1 is 0.880 bits per heavy atom. The van der Waals surface area contributed by atoms with Gasteiger partial charge in [0.2, 0.25) is 11.8 Å². The fourth-order valence-electron chi connectivity index (χ4n) is 2.29. The monoisotopic (exact) mass is 342 g/mol. The average Bonchev–Trinajstić information content (AvgIpc) is 2.62. The highest BCUT2D eigenvalue weighted by molar-refractivity contribution is 6.04. The third-order valence-electron chi connectivity index (χ3n) is 4.04. The Hall–Kier alpha value is -2.69. The van der Waals surface area contributed by atoms with Gasteiger partial charge in [-0.3, -0.25) is 9.59 Å². The fourth-order valence-corrected chi connectivity index (χ4v) is 2.29. The zero-order valence-electron chi connectivity index (χ0n) is 14.5. The normalized spacial score (nSPS) is 11.0. The average molecular weight is 342 g/mol. The highest BCUT2D eigenvalue weighted by atomic mass is 19.1. The molecule has 0 aromatic heterocycles. The fraction of sp³-hybridized carbons (Fsp3) is 0.300. The zero-order chi connectivity index (χ0) is 18.3. The first-order chi connectivity index (χ1) is 11.9. The second-order valence-corrected chi connectivity index (χ2v) is 6.43. The van der Waals surface area contributed by atoms with Crippen LogP contribution in [0.15, 0.2) is 54.6 Å². The molecule has 0 atom stereocenters. The lowest BCUT2D eigenvalue weighted by Gasteiger charge is -2.22. The maximum Gasteiger partial charge on any atom is 0.235 e. The van der Waals surface area contributed by atoms with Crippen molar-refractivity contribution in [1.82, 2.24) is 10.6 Å². The largest absolute Gasteiger partial charge is 0.355 e. The third kappa shape index (κ3) is 5.41. The highest BCUT2D eigenvalue weighted by Gasteiger charge is 2.35. The molecule has 0 saturated heterocycles. The lowest BCUT2D eigenvalue weighted by atomic mass is 9.91. The van der Waals surface area contributed by atoms with E-state index in [4.69, 9.17) is 0 Å². The van der Waals surface area contributed by atoms with E-state index in [1.54, 1.807) is 26.0 Å². The summed E-state index contributed by atoms with van der Waals surface area (Å²) in [6, 6.07) is 15.7. The van der Waals surface area contributed by atoms with Crippen LogP contribution < -0.4 is 10.6 Å². The number of carbonyl (C=O) groups is 2. The lowest BCUT2D eigenvalue weighted by Crippen LogP contribution is -2.48. The molecule has 0 bridgehead atoms. The van der Waals surface area contributed by atoms with Crippen molar-refractivity contribution in [3.63, 3.8) is 0 Å². The Morgan fingerprint density at radius 3 is 2.12 bits per heavy atom. The molecule has 0 aliphatic rings. The Kier molecular flexibility index (Phi) is 6.28. The van der Waals surface area contributed by atoms with Gasteiger partial charge in [-0.1, -0.05) is 42.5 Å². The number of halogens is 1. The summed E-state index contributed by atoms with van der Waals surface area (Å²) in [6.07, 6.45) is 0.577. The van der Waals surface area contributed by atoms with Gasteiger partial charge in [-0.2, -0.15) is 0 Å². The van der Waals surface area contributed by atoms with Crippen molar-refractivity contribution < 1.29 is 14.0 Å². The molecule has 132 valence electrons. The minimum atomic E-state index is -1.17. The maximum absolute atomic E-state index is 12.9. The van der Waals surface area contributed by atoms with Gasteiger partial charge in [-0.25, -0.2) is 4.39 Å². The molecule has 0 spiro atoms. The number of carbonyl (C=O) groups excluding carboxylic acids is 2. The molecule has 2 aromatic rings. The molecule has 2 aromatic carbocycles. The van der Waals surface area contributed by atoms with E-state index in [1.165, 1.54) is 12.1 Å². The molecular formula is C20H23FN2O2. The van der Waals surface area contributed by atoms with Gasteiger partial charge in [0.25, 0.3) is 0 Å². The summed E-state index contributed by atoms with van der Waals surface area (Å²) in [4.78, 5) is 24.7. The molecule has 0 aliphatic carbocycles. The van der Waals surface area contributed by atoms with Crippen LogP contribution in [0.1, 0.15) is 25.0 Å². The molecule has 2 rings (SSSR count). The Bertz CT molecular complexity index is 712. The van der Waals surface area contributed by atoms with E-state index in [0.717, 1.165) is 11.1 Å². The third-order valence-corrected chi connectivity index (χ3v) is 4.04. The highest BCUT2D eigenvalue weighted by Crippen LogP contribution is 2.16. The molecule has 5 heteroatoms. The van der Waals surface area contributed by atoms with Crippen molar-refractivity contribution in [3.8, 4) is 0 Å². The number of hydrogen-bond donors (Lipinski definition) is 2. The van der Waals surface area contributed by atoms with E-state index in [9.17, 15) is 14.0 Å². The van der Waals surface area contributed by atoms with Gasteiger partial charge in [-0.05, 0) is 43.5 Å². The summed E-state index contributed by atoms with van der Waals surface area (Å²) >= 11 is 0. The van der Waals surface area contributed by atoms with Crippen LogP contribution >= 0.6 is 0 Å². The van der Waals surface area contributed by atoms with Crippen molar-refractivity contribution >= 4 is 11.8 Å². The summed E-state index contributed by atoms with van der Waals surface area (Å²) in [7, 11) is 0. The van der Waals surface area contributed by atoms with Crippen LogP contribution in [0.25, 0.3) is 0 Å². The van der Waals surface area contributed by atoms with Gasteiger partial charge >= 0.3 is 0 Å². The molecule has 0 saturated carbocycles. The Morgan fingerprint density at radius 2 is 1.48 bits per heavy atom. The summed E-state index contributed by atoms with van der Waals surface area (Å²) in [6.45, 7) is 3.97. The van der Waals surface area contributed by atoms with Gasteiger partial charge < -0.3 is 10.6 Å². The van der Waals surface area contributed by atoms with Crippen LogP contribution in [0.3, 0.4) is 0 Å². The van der Waals surface area contributed by atoms with E-state index >= 15 is 0 Å². The van der Waals surface area contributed by atoms with Crippen molar-refractivity contribution in [2.75, 3.05) is 6.54 Å². The van der Waals surface area contributed by atoms with Crippen molar-refractivity contribution in [3.05, 3.63) is 71.5 Å². The van der Waals surface area contributed by atoms with Crippen LogP contribution in [-0.2, 0) is 22.6 Å². The summed E-state index contributed by atoms with van der Waals surface area (Å²) in [5, 5.41) is 5.56. The van der Waals surface area contributed by atoms with Crippen LogP contribution in [0.5, 0.6) is 0 Å². The van der Waals surface area contributed by atoms with E-state index in [1.807, 2.05) is 30.3 Å². The van der Waals surface area contributed by atoms with E-state index in [0.29, 0.717) is 19.5 Å². The molecular weight excluding hydrogens is 319 g/mol. The van der Waals surface area contributed by atoms with E-state index < -0.39 is 5.41 Å². The van der Waals surface area contributed by atoms with Crippen molar-refractivity contribution in [2.45, 2.75) is 26.8 Å². The predicted molar refractivity (Wildman–Crippen MR) is 95.2 cm³/mol. The first-order valence-corrected chi connectivity index (χ1v) is 8.24. The van der Waals surface area contributed by atoms with Gasteiger partial charge in [0.1, 0.15) is 11.2 Å². The molecule has 0 aliphatic heterocycles. The second-order valence-electron chi connectivity index (χ2n) is 6.43. The molecule has 2 amide bonds. The quantitative estimate of drug-likeness (QED) is 0.760. The molecule has 0 unspecified atom stereocenters. The van der Waals surface area contributed by atoms with Crippen LogP contribution in [0, 0.1) is 11.2 Å². The van der Waals surface area contributed by atoms with Gasteiger partial charge in [0, 0.05) is 13.1 Å². The van der Waals surface area contributed by atoms with Crippen LogP contribution in [-0.4, -0.2) is 18.4 Å². The standard InChI is InChI=1S/C20H23FN2O2/c1-20(2,19(25)23-14-16-6-4-3-5-7-16)18(24)22-13-12-15-8-10-17(21)11-9-15/h3-11H,12-14H2,1-2H3,(H,22,24)(H,23,25). The number of nitrogens with one attached hydrogen (secondary N) is 2. The molecule has 2 N–H and O–H groups in total. The zero-order valence-corrected chi connectivity index (χ0v) is 14.5. The molecule has 0 radical (unpaired) electrons. The topological polar surface area (TPSA) is 58.2 Å². The van der Waals surface area contributed by atoms with Crippen LogP contribution in [0.4, 0.5) is 4.39 Å². The number of hydrogen-bond acceptors (Lipinski definition) is 2. The van der Waals surface area contributed by atoms with Crippen molar-refractivity contribution in [1.29, 1.82) is 0 Å². The minimum Gasteiger partial charge on any atom is -0.355 e. The molecule has 0 heterocycles. The smallest absolute Gasteiger partial charge is 0.235 e. The van der Waals surface area contributed by atoms with E-state index in [-0.39, 0.29) is 17.6 Å². The summed E-state index contributed by atoms with van der Waals surface area (Å²) in [5.41, 5.74) is 0.730. The Labute approximate surface area is 147 Å². The predicted octanol–water partition coefficient (Wildman–Crippen LogP) is 2.83. The maximum atomic E-state index is 12.9. The first-order valence-electron chi connectivity index (χ1n) is 8.24. The van der Waals surface area contributed by atoms with Gasteiger partial charge in [0.15, 0.2) is 0 Å². The van der Waals surface area contributed by atoms with Crippen LogP contribution in [0.2, 0.25) is 0 Å². The van der Waals surface area contributed by atoms with Crippen molar-refractivity contribution in [2.24, 2.45) is 5.41 Å². The molecule has 0 fully saturated rings.